The summed E-state index contributed by atoms with van der Waals surface area (Å²) >= 11 is 3.60. The number of rotatable bonds is 6. The maximum Gasteiger partial charge on any atom is 0.0207 e. The van der Waals surface area contributed by atoms with E-state index in [1.54, 1.807) is 0 Å². The molecule has 1 N–H and O–H groups in total. The highest BCUT2D eigenvalue weighted by Crippen LogP contribution is 2.26. The summed E-state index contributed by atoms with van der Waals surface area (Å²) in [6.07, 6.45) is 2.38. The lowest BCUT2D eigenvalue weighted by atomic mass is 9.85. The highest BCUT2D eigenvalue weighted by Gasteiger charge is 2.18. The molecule has 0 fully saturated rings. The fraction of sp³-hybridized carbons (Fsp3) is 0.647. The predicted octanol–water partition coefficient (Wildman–Crippen LogP) is 5.02. The van der Waals surface area contributed by atoms with E-state index < -0.39 is 0 Å². The van der Waals surface area contributed by atoms with Crippen LogP contribution in [0.2, 0.25) is 0 Å². The van der Waals surface area contributed by atoms with E-state index in [1.165, 1.54) is 27.6 Å². The van der Waals surface area contributed by atoms with E-state index >= 15 is 0 Å². The third-order valence-corrected chi connectivity index (χ3v) is 4.53. The fourth-order valence-electron chi connectivity index (χ4n) is 2.15. The second-order valence-electron chi connectivity index (χ2n) is 6.73. The molecule has 0 heterocycles. The maximum atomic E-state index is 3.60. The summed E-state index contributed by atoms with van der Waals surface area (Å²) in [5, 5.41) is 3.55. The quantitative estimate of drug-likeness (QED) is 0.774. The van der Waals surface area contributed by atoms with Crippen molar-refractivity contribution in [3.05, 3.63) is 33.3 Å². The summed E-state index contributed by atoms with van der Waals surface area (Å²) in [5.41, 5.74) is 4.56. The van der Waals surface area contributed by atoms with Gasteiger partial charge in [0.2, 0.25) is 0 Å². The number of aryl methyl sites for hydroxylation is 3. The van der Waals surface area contributed by atoms with Crippen LogP contribution < -0.4 is 5.32 Å². The number of halogens is 1. The first-order chi connectivity index (χ1) is 8.71. The Bertz CT molecular complexity index is 422. The molecule has 0 atom stereocenters. The minimum atomic E-state index is 0.345. The Morgan fingerprint density at radius 1 is 1.16 bits per heavy atom. The number of hydrogen-bond donors (Lipinski definition) is 1. The lowest BCUT2D eigenvalue weighted by Crippen LogP contribution is -2.34. The van der Waals surface area contributed by atoms with Crippen molar-refractivity contribution in [2.75, 3.05) is 6.54 Å². The Hall–Kier alpha value is -0.340. The summed E-state index contributed by atoms with van der Waals surface area (Å²) in [5.74, 6) is 0. The molecule has 0 aliphatic carbocycles. The number of hydrogen-bond acceptors (Lipinski definition) is 1. The normalized spacial score (nSPS) is 12.2. The molecule has 0 amide bonds. The van der Waals surface area contributed by atoms with Crippen LogP contribution in [0.4, 0.5) is 0 Å². The first-order valence-electron chi connectivity index (χ1n) is 7.20. The van der Waals surface area contributed by atoms with Gasteiger partial charge in [0, 0.05) is 17.1 Å². The molecule has 1 aromatic rings. The molecule has 1 nitrogen and oxygen atoms in total. The molecule has 0 aliphatic heterocycles. The highest BCUT2D eigenvalue weighted by atomic mass is 79.9. The molecule has 0 saturated heterocycles. The summed E-state index contributed by atoms with van der Waals surface area (Å²) < 4.78 is 1.22. The van der Waals surface area contributed by atoms with Gasteiger partial charge in [-0.1, -0.05) is 49.7 Å². The van der Waals surface area contributed by atoms with Crippen LogP contribution in [0.25, 0.3) is 0 Å². The van der Waals surface area contributed by atoms with Crippen molar-refractivity contribution >= 4 is 15.9 Å². The van der Waals surface area contributed by atoms with E-state index in [1.807, 2.05) is 0 Å². The Labute approximate surface area is 127 Å². The fourth-order valence-corrected chi connectivity index (χ4v) is 2.61. The van der Waals surface area contributed by atoms with Gasteiger partial charge >= 0.3 is 0 Å². The zero-order valence-electron chi connectivity index (χ0n) is 13.2. The average molecular weight is 326 g/mol. The van der Waals surface area contributed by atoms with Crippen LogP contribution >= 0.6 is 15.9 Å². The van der Waals surface area contributed by atoms with Gasteiger partial charge in [0.05, 0.1) is 0 Å². The average Bonchev–Trinajstić information content (AvgIpc) is 2.30. The van der Waals surface area contributed by atoms with E-state index in [-0.39, 0.29) is 0 Å². The smallest absolute Gasteiger partial charge is 0.0207 e. The van der Waals surface area contributed by atoms with Crippen molar-refractivity contribution in [2.45, 2.75) is 60.4 Å². The topological polar surface area (TPSA) is 12.0 Å². The van der Waals surface area contributed by atoms with Gasteiger partial charge in [-0.15, -0.1) is 0 Å². The zero-order chi connectivity index (χ0) is 14.6. The maximum absolute atomic E-state index is 3.60. The number of nitrogens with one attached hydrogen (secondary N) is 1. The minimum absolute atomic E-state index is 0.345. The lowest BCUT2D eigenvalue weighted by Gasteiger charge is -2.27. The molecule has 1 rings (SSSR count). The Morgan fingerprint density at radius 3 is 2.37 bits per heavy atom. The van der Waals surface area contributed by atoms with Crippen LogP contribution in [0.3, 0.4) is 0 Å². The Kier molecular flexibility index (Phi) is 6.07. The summed E-state index contributed by atoms with van der Waals surface area (Å²) in [6, 6.07) is 5.13. The standard InChI is InChI=1S/C17H28BrN/c1-12(2)19-11-17(5,6)8-7-15-9-14(4)16(18)10-13(15)3/h9-10,12,19H,7-8,11H2,1-6H3. The largest absolute Gasteiger partial charge is 0.314 e. The molecule has 0 aliphatic rings. The van der Waals surface area contributed by atoms with Crippen molar-refractivity contribution in [1.82, 2.24) is 5.32 Å². The van der Waals surface area contributed by atoms with Gasteiger partial charge in [-0.2, -0.15) is 0 Å². The SMILES string of the molecule is Cc1cc(CCC(C)(C)CNC(C)C)c(C)cc1Br. The van der Waals surface area contributed by atoms with Crippen molar-refractivity contribution in [3.8, 4) is 0 Å². The first kappa shape index (κ1) is 16.7. The molecule has 0 unspecified atom stereocenters. The van der Waals surface area contributed by atoms with Crippen molar-refractivity contribution < 1.29 is 0 Å². The highest BCUT2D eigenvalue weighted by molar-refractivity contribution is 9.10. The Balaban J connectivity index is 2.63. The van der Waals surface area contributed by atoms with Crippen LogP contribution in [0.1, 0.15) is 50.8 Å². The van der Waals surface area contributed by atoms with Crippen LogP contribution in [0, 0.1) is 19.3 Å². The van der Waals surface area contributed by atoms with E-state index in [2.05, 4.69) is 74.9 Å². The zero-order valence-corrected chi connectivity index (χ0v) is 14.8. The first-order valence-corrected chi connectivity index (χ1v) is 7.99. The van der Waals surface area contributed by atoms with Gasteiger partial charge in [0.25, 0.3) is 0 Å². The van der Waals surface area contributed by atoms with Gasteiger partial charge in [0.15, 0.2) is 0 Å². The third kappa shape index (κ3) is 5.66. The van der Waals surface area contributed by atoms with E-state index in [0.29, 0.717) is 11.5 Å². The van der Waals surface area contributed by atoms with Gasteiger partial charge in [0.1, 0.15) is 0 Å². The van der Waals surface area contributed by atoms with Gasteiger partial charge in [-0.05, 0) is 54.9 Å². The van der Waals surface area contributed by atoms with E-state index in [0.717, 1.165) is 13.0 Å². The summed E-state index contributed by atoms with van der Waals surface area (Å²) in [7, 11) is 0. The number of benzene rings is 1. The summed E-state index contributed by atoms with van der Waals surface area (Å²) in [6.45, 7) is 14.6. The van der Waals surface area contributed by atoms with Gasteiger partial charge < -0.3 is 5.32 Å². The lowest BCUT2D eigenvalue weighted by molar-refractivity contribution is 0.304. The molecular weight excluding hydrogens is 298 g/mol. The molecule has 0 aromatic heterocycles. The molecular formula is C17H28BrN. The van der Waals surface area contributed by atoms with E-state index in [9.17, 15) is 0 Å². The Morgan fingerprint density at radius 2 is 1.79 bits per heavy atom. The van der Waals surface area contributed by atoms with Crippen LogP contribution in [-0.4, -0.2) is 12.6 Å². The van der Waals surface area contributed by atoms with E-state index in [4.69, 9.17) is 0 Å². The minimum Gasteiger partial charge on any atom is -0.314 e. The molecule has 0 bridgehead atoms. The van der Waals surface area contributed by atoms with Crippen molar-refractivity contribution in [2.24, 2.45) is 5.41 Å². The monoisotopic (exact) mass is 325 g/mol. The predicted molar refractivity (Wildman–Crippen MR) is 88.9 cm³/mol. The molecule has 0 spiro atoms. The molecule has 108 valence electrons. The van der Waals surface area contributed by atoms with Gasteiger partial charge in [-0.25, -0.2) is 0 Å². The second kappa shape index (κ2) is 6.90. The van der Waals surface area contributed by atoms with Gasteiger partial charge in [-0.3, -0.25) is 0 Å². The van der Waals surface area contributed by atoms with Crippen molar-refractivity contribution in [3.63, 3.8) is 0 Å². The molecule has 19 heavy (non-hydrogen) atoms. The van der Waals surface area contributed by atoms with Crippen molar-refractivity contribution in [1.29, 1.82) is 0 Å². The third-order valence-electron chi connectivity index (χ3n) is 3.68. The van der Waals surface area contributed by atoms with Crippen LogP contribution in [0.5, 0.6) is 0 Å². The summed E-state index contributed by atoms with van der Waals surface area (Å²) in [4.78, 5) is 0. The van der Waals surface area contributed by atoms with Crippen LogP contribution in [-0.2, 0) is 6.42 Å². The molecule has 2 heteroatoms. The second-order valence-corrected chi connectivity index (χ2v) is 7.58. The molecule has 0 saturated carbocycles. The molecule has 1 aromatic carbocycles. The molecule has 0 radical (unpaired) electrons. The van der Waals surface area contributed by atoms with Crippen LogP contribution in [0.15, 0.2) is 16.6 Å².